The fourth-order valence-electron chi connectivity index (χ4n) is 3.19. The van der Waals surface area contributed by atoms with Crippen LogP contribution in [0.4, 0.5) is 0 Å². The third-order valence-corrected chi connectivity index (χ3v) is 4.58. The smallest absolute Gasteiger partial charge is 0.295 e. The van der Waals surface area contributed by atoms with E-state index >= 15 is 0 Å². The van der Waals surface area contributed by atoms with Crippen LogP contribution < -0.4 is 4.74 Å². The Balaban J connectivity index is 2.03. The standard InChI is InChI=1S/C22H25NO6/c1-14(2)13-29-16-7-4-6-15(12-16)20(24)18-19(17-8-5-10-28-17)23(9-11-27-3)22(26)21(18)25/h4-8,10,12,14,19,24H,9,11,13H2,1-3H3/b20-18-. The Hall–Kier alpha value is -3.06. The van der Waals surface area contributed by atoms with Gasteiger partial charge in [-0.2, -0.15) is 0 Å². The van der Waals surface area contributed by atoms with Crippen LogP contribution in [0.2, 0.25) is 0 Å². The van der Waals surface area contributed by atoms with Crippen molar-refractivity contribution < 1.29 is 28.6 Å². The summed E-state index contributed by atoms with van der Waals surface area (Å²) >= 11 is 0. The number of methoxy groups -OCH3 is 1. The van der Waals surface area contributed by atoms with E-state index < -0.39 is 17.7 Å². The number of ketones is 1. The van der Waals surface area contributed by atoms with Crippen LogP contribution in [0.5, 0.6) is 5.75 Å². The summed E-state index contributed by atoms with van der Waals surface area (Å²) < 4.78 is 16.2. The van der Waals surface area contributed by atoms with Crippen LogP contribution in [0.1, 0.15) is 31.2 Å². The van der Waals surface area contributed by atoms with Gasteiger partial charge >= 0.3 is 0 Å². The Labute approximate surface area is 169 Å². The Kier molecular flexibility index (Phi) is 6.39. The molecule has 7 nitrogen and oxygen atoms in total. The number of ether oxygens (including phenoxy) is 2. The first-order chi connectivity index (χ1) is 13.9. The molecule has 0 saturated carbocycles. The van der Waals surface area contributed by atoms with Crippen LogP contribution >= 0.6 is 0 Å². The molecule has 1 atom stereocenters. The maximum atomic E-state index is 12.8. The Morgan fingerprint density at radius 2 is 2.03 bits per heavy atom. The predicted molar refractivity (Wildman–Crippen MR) is 106 cm³/mol. The van der Waals surface area contributed by atoms with E-state index in [9.17, 15) is 14.7 Å². The second kappa shape index (κ2) is 8.96. The SMILES string of the molecule is COCCN1C(=O)C(=O)/C(=C(\O)c2cccc(OCC(C)C)c2)C1c1ccco1. The van der Waals surface area contributed by atoms with Gasteiger partial charge in [-0.05, 0) is 30.2 Å². The normalized spacial score (nSPS) is 18.6. The van der Waals surface area contributed by atoms with Crippen LogP contribution in [-0.4, -0.2) is 48.6 Å². The molecule has 1 aromatic heterocycles. The van der Waals surface area contributed by atoms with Gasteiger partial charge in [-0.3, -0.25) is 9.59 Å². The first-order valence-corrected chi connectivity index (χ1v) is 9.48. The lowest BCUT2D eigenvalue weighted by atomic mass is 9.99. The van der Waals surface area contributed by atoms with Crippen molar-refractivity contribution in [2.75, 3.05) is 26.9 Å². The summed E-state index contributed by atoms with van der Waals surface area (Å²) in [7, 11) is 1.52. The van der Waals surface area contributed by atoms with Crippen molar-refractivity contribution in [3.63, 3.8) is 0 Å². The molecular weight excluding hydrogens is 374 g/mol. The molecule has 0 aliphatic carbocycles. The van der Waals surface area contributed by atoms with E-state index in [1.54, 1.807) is 36.4 Å². The zero-order valence-electron chi connectivity index (χ0n) is 16.8. The number of carbonyl (C=O) groups excluding carboxylic acids is 2. The summed E-state index contributed by atoms with van der Waals surface area (Å²) in [6.07, 6.45) is 1.46. The number of rotatable bonds is 8. The topological polar surface area (TPSA) is 89.2 Å². The minimum atomic E-state index is -0.819. The van der Waals surface area contributed by atoms with Crippen LogP contribution in [0.3, 0.4) is 0 Å². The second-order valence-electron chi connectivity index (χ2n) is 7.23. The Morgan fingerprint density at radius 3 is 2.69 bits per heavy atom. The van der Waals surface area contributed by atoms with E-state index in [4.69, 9.17) is 13.9 Å². The van der Waals surface area contributed by atoms with Crippen molar-refractivity contribution >= 4 is 17.4 Å². The summed E-state index contributed by atoms with van der Waals surface area (Å²) in [5.74, 6) is -0.400. The molecule has 3 rings (SSSR count). The summed E-state index contributed by atoms with van der Waals surface area (Å²) in [6, 6.07) is 9.35. The third-order valence-electron chi connectivity index (χ3n) is 4.58. The number of benzene rings is 1. The van der Waals surface area contributed by atoms with Crippen molar-refractivity contribution in [2.45, 2.75) is 19.9 Å². The summed E-state index contributed by atoms with van der Waals surface area (Å²) in [4.78, 5) is 26.7. The van der Waals surface area contributed by atoms with Gasteiger partial charge in [0, 0.05) is 19.2 Å². The highest BCUT2D eigenvalue weighted by molar-refractivity contribution is 6.46. The average Bonchev–Trinajstić information content (AvgIpc) is 3.32. The van der Waals surface area contributed by atoms with Gasteiger partial charge in [-0.15, -0.1) is 0 Å². The number of furan rings is 1. The molecule has 1 unspecified atom stereocenters. The highest BCUT2D eigenvalue weighted by atomic mass is 16.5. The van der Waals surface area contributed by atoms with E-state index in [1.807, 2.05) is 13.8 Å². The highest BCUT2D eigenvalue weighted by Crippen LogP contribution is 2.39. The third kappa shape index (κ3) is 4.35. The molecule has 1 aromatic carbocycles. The van der Waals surface area contributed by atoms with Gasteiger partial charge in [0.2, 0.25) is 0 Å². The number of nitrogens with zero attached hydrogens (tertiary/aromatic N) is 1. The molecular formula is C22H25NO6. The fraction of sp³-hybridized carbons (Fsp3) is 0.364. The largest absolute Gasteiger partial charge is 0.507 e. The maximum Gasteiger partial charge on any atom is 0.295 e. The molecule has 0 spiro atoms. The zero-order chi connectivity index (χ0) is 21.0. The lowest BCUT2D eigenvalue weighted by Crippen LogP contribution is -2.32. The molecule has 0 bridgehead atoms. The highest BCUT2D eigenvalue weighted by Gasteiger charge is 2.47. The van der Waals surface area contributed by atoms with Crippen molar-refractivity contribution in [3.05, 3.63) is 59.6 Å². The van der Waals surface area contributed by atoms with Crippen LogP contribution in [0.25, 0.3) is 5.76 Å². The first-order valence-electron chi connectivity index (χ1n) is 9.48. The van der Waals surface area contributed by atoms with Crippen molar-refractivity contribution in [2.24, 2.45) is 5.92 Å². The summed E-state index contributed by atoms with van der Waals surface area (Å²) in [6.45, 7) is 5.05. The lowest BCUT2D eigenvalue weighted by Gasteiger charge is -2.22. The molecule has 1 N–H and O–H groups in total. The van der Waals surface area contributed by atoms with Gasteiger partial charge in [0.15, 0.2) is 0 Å². The zero-order valence-corrected chi connectivity index (χ0v) is 16.8. The van der Waals surface area contributed by atoms with Crippen LogP contribution in [0.15, 0.2) is 52.7 Å². The minimum Gasteiger partial charge on any atom is -0.507 e. The quantitative estimate of drug-likeness (QED) is 0.416. The van der Waals surface area contributed by atoms with E-state index in [-0.39, 0.29) is 24.5 Å². The van der Waals surface area contributed by atoms with Gasteiger partial charge in [-0.1, -0.05) is 26.0 Å². The molecule has 1 amide bonds. The average molecular weight is 399 g/mol. The van der Waals surface area contributed by atoms with Gasteiger partial charge in [0.05, 0.1) is 25.1 Å². The first kappa shape index (κ1) is 20.7. The lowest BCUT2D eigenvalue weighted by molar-refractivity contribution is -0.140. The molecule has 7 heteroatoms. The van der Waals surface area contributed by atoms with Crippen molar-refractivity contribution in [1.82, 2.24) is 4.90 Å². The Morgan fingerprint density at radius 1 is 1.24 bits per heavy atom. The van der Waals surface area contributed by atoms with E-state index in [2.05, 4.69) is 0 Å². The number of likely N-dealkylation sites (tertiary alicyclic amines) is 1. The number of aliphatic hydroxyl groups excluding tert-OH is 1. The number of hydrogen-bond acceptors (Lipinski definition) is 6. The maximum absolute atomic E-state index is 12.8. The molecule has 1 aliphatic heterocycles. The van der Waals surface area contributed by atoms with Gasteiger partial charge in [-0.25, -0.2) is 0 Å². The number of hydrogen-bond donors (Lipinski definition) is 1. The molecule has 0 radical (unpaired) electrons. The molecule has 2 aromatic rings. The van der Waals surface area contributed by atoms with Crippen molar-refractivity contribution in [1.29, 1.82) is 0 Å². The van der Waals surface area contributed by atoms with E-state index in [0.29, 0.717) is 29.6 Å². The fourth-order valence-corrected chi connectivity index (χ4v) is 3.19. The minimum absolute atomic E-state index is 0.0120. The van der Waals surface area contributed by atoms with Gasteiger partial charge in [0.1, 0.15) is 23.3 Å². The molecule has 29 heavy (non-hydrogen) atoms. The van der Waals surface area contributed by atoms with E-state index in [0.717, 1.165) is 0 Å². The molecule has 1 aliphatic rings. The van der Waals surface area contributed by atoms with E-state index in [1.165, 1.54) is 18.3 Å². The number of amides is 1. The predicted octanol–water partition coefficient (Wildman–Crippen LogP) is 3.38. The van der Waals surface area contributed by atoms with Gasteiger partial charge < -0.3 is 23.9 Å². The van der Waals surface area contributed by atoms with Gasteiger partial charge in [0.25, 0.3) is 11.7 Å². The molecule has 154 valence electrons. The molecule has 2 heterocycles. The summed E-state index contributed by atoms with van der Waals surface area (Å²) in [5, 5.41) is 11.0. The van der Waals surface area contributed by atoms with Crippen LogP contribution in [-0.2, 0) is 14.3 Å². The number of carbonyl (C=O) groups is 2. The number of aliphatic hydroxyl groups is 1. The molecule has 1 saturated heterocycles. The Bertz CT molecular complexity index is 900. The van der Waals surface area contributed by atoms with Crippen molar-refractivity contribution in [3.8, 4) is 5.75 Å². The summed E-state index contributed by atoms with van der Waals surface area (Å²) in [5.41, 5.74) is 0.384. The number of Topliss-reactive ketones (excluding diaryl/α,β-unsaturated/α-hetero) is 1. The van der Waals surface area contributed by atoms with Crippen LogP contribution in [0, 0.1) is 5.92 Å². The monoisotopic (exact) mass is 399 g/mol. The second-order valence-corrected chi connectivity index (χ2v) is 7.23. The molecule has 1 fully saturated rings.